The molecule has 1 aromatic carbocycles. The van der Waals surface area contributed by atoms with Crippen LogP contribution in [0.5, 0.6) is 0 Å². The van der Waals surface area contributed by atoms with Crippen LogP contribution in [-0.4, -0.2) is 22.7 Å². The number of nitrogens with zero attached hydrogens (tertiary/aromatic N) is 3. The molecule has 0 fully saturated rings. The molecule has 2 rings (SSSR count). The van der Waals surface area contributed by atoms with Gasteiger partial charge in [-0.05, 0) is 36.3 Å². The summed E-state index contributed by atoms with van der Waals surface area (Å²) < 4.78 is 15.4. The Hall–Kier alpha value is -2.17. The fraction of sp³-hybridized carbons (Fsp3) is 0.500. The maximum atomic E-state index is 14.3. The van der Waals surface area contributed by atoms with E-state index in [1.165, 1.54) is 11.9 Å². The van der Waals surface area contributed by atoms with Gasteiger partial charge in [-0.1, -0.05) is 45.9 Å². The minimum absolute atomic E-state index is 0.0308. The van der Waals surface area contributed by atoms with Crippen LogP contribution in [-0.2, 0) is 7.05 Å². The number of carbonyl (C=O) groups excluding carboxylic acids is 1. The topological polar surface area (TPSA) is 38.1 Å². The molecule has 0 saturated heterocycles. The standard InChI is InChI=1S/C20H28FN3O/c1-13(12-20(3,4)5)15-10-8-9-11-16(15)23(6)19(25)17-14(2)22-24(7)18(17)21/h8-11,13H,12H2,1-7H3. The molecule has 1 aromatic heterocycles. The van der Waals surface area contributed by atoms with Crippen LogP contribution in [0, 0.1) is 18.3 Å². The van der Waals surface area contributed by atoms with Crippen molar-refractivity contribution < 1.29 is 9.18 Å². The highest BCUT2D eigenvalue weighted by atomic mass is 19.1. The number of aryl methyl sites for hydroxylation is 2. The largest absolute Gasteiger partial charge is 0.311 e. The summed E-state index contributed by atoms with van der Waals surface area (Å²) >= 11 is 0. The van der Waals surface area contributed by atoms with Gasteiger partial charge in [-0.3, -0.25) is 4.79 Å². The quantitative estimate of drug-likeness (QED) is 0.807. The Balaban J connectivity index is 2.40. The fourth-order valence-electron chi connectivity index (χ4n) is 3.39. The summed E-state index contributed by atoms with van der Waals surface area (Å²) in [7, 11) is 3.19. The number of benzene rings is 1. The molecule has 0 bridgehead atoms. The molecular formula is C20H28FN3O. The zero-order valence-corrected chi connectivity index (χ0v) is 16.2. The minimum Gasteiger partial charge on any atom is -0.311 e. The van der Waals surface area contributed by atoms with E-state index in [0.29, 0.717) is 5.69 Å². The summed E-state index contributed by atoms with van der Waals surface area (Å²) in [5.74, 6) is -0.695. The van der Waals surface area contributed by atoms with Crippen molar-refractivity contribution in [1.82, 2.24) is 9.78 Å². The van der Waals surface area contributed by atoms with Crippen LogP contribution in [0.2, 0.25) is 0 Å². The Morgan fingerprint density at radius 3 is 2.44 bits per heavy atom. The Morgan fingerprint density at radius 1 is 1.32 bits per heavy atom. The first-order valence-corrected chi connectivity index (χ1v) is 8.59. The third-order valence-electron chi connectivity index (χ3n) is 4.42. The Bertz CT molecular complexity index is 774. The number of amides is 1. The lowest BCUT2D eigenvalue weighted by Gasteiger charge is -2.27. The lowest BCUT2D eigenvalue weighted by atomic mass is 9.82. The van der Waals surface area contributed by atoms with Crippen molar-refractivity contribution in [2.75, 3.05) is 11.9 Å². The Morgan fingerprint density at radius 2 is 1.92 bits per heavy atom. The molecule has 0 aliphatic rings. The number of rotatable bonds is 4. The number of aromatic nitrogens is 2. The second kappa shape index (κ2) is 6.98. The number of hydrogen-bond donors (Lipinski definition) is 0. The van der Waals surface area contributed by atoms with Crippen LogP contribution < -0.4 is 4.90 Å². The first kappa shape index (κ1) is 19.2. The molecular weight excluding hydrogens is 317 g/mol. The second-order valence-electron chi connectivity index (χ2n) is 7.96. The van der Waals surface area contributed by atoms with Crippen LogP contribution in [0.3, 0.4) is 0 Å². The number of carbonyl (C=O) groups is 1. The van der Waals surface area contributed by atoms with Crippen molar-refractivity contribution >= 4 is 11.6 Å². The number of halogens is 1. The Kier molecular flexibility index (Phi) is 5.35. The highest BCUT2D eigenvalue weighted by molar-refractivity contribution is 6.06. The zero-order chi connectivity index (χ0) is 18.9. The van der Waals surface area contributed by atoms with Gasteiger partial charge in [0.05, 0.1) is 5.69 Å². The first-order chi connectivity index (χ1) is 11.5. The van der Waals surface area contributed by atoms with Gasteiger partial charge in [0.15, 0.2) is 0 Å². The maximum absolute atomic E-state index is 14.3. The normalized spacial score (nSPS) is 13.0. The van der Waals surface area contributed by atoms with Crippen LogP contribution in [0.1, 0.15) is 61.6 Å². The van der Waals surface area contributed by atoms with E-state index < -0.39 is 5.95 Å². The summed E-state index contributed by atoms with van der Waals surface area (Å²) in [6.45, 7) is 10.4. The third kappa shape index (κ3) is 4.09. The van der Waals surface area contributed by atoms with Crippen molar-refractivity contribution in [2.24, 2.45) is 12.5 Å². The van der Waals surface area contributed by atoms with Crippen LogP contribution in [0.15, 0.2) is 24.3 Å². The Labute approximate surface area is 149 Å². The van der Waals surface area contributed by atoms with Gasteiger partial charge < -0.3 is 4.90 Å². The second-order valence-corrected chi connectivity index (χ2v) is 7.96. The predicted molar refractivity (Wildman–Crippen MR) is 99.6 cm³/mol. The summed E-state index contributed by atoms with van der Waals surface area (Å²) in [5, 5.41) is 4.01. The molecule has 4 nitrogen and oxygen atoms in total. The maximum Gasteiger partial charge on any atom is 0.264 e. The SMILES string of the molecule is Cc1nn(C)c(F)c1C(=O)N(C)c1ccccc1C(C)CC(C)(C)C. The molecule has 25 heavy (non-hydrogen) atoms. The van der Waals surface area contributed by atoms with Gasteiger partial charge >= 0.3 is 0 Å². The monoisotopic (exact) mass is 345 g/mol. The molecule has 0 aliphatic carbocycles. The van der Waals surface area contributed by atoms with E-state index in [-0.39, 0.29) is 22.8 Å². The zero-order valence-electron chi connectivity index (χ0n) is 16.2. The number of anilines is 1. The molecule has 0 spiro atoms. The molecule has 1 unspecified atom stereocenters. The van der Waals surface area contributed by atoms with Crippen LogP contribution in [0.25, 0.3) is 0 Å². The average molecular weight is 345 g/mol. The number of hydrogen-bond acceptors (Lipinski definition) is 2. The van der Waals surface area contributed by atoms with Gasteiger partial charge in [0.1, 0.15) is 5.56 Å². The van der Waals surface area contributed by atoms with E-state index in [4.69, 9.17) is 0 Å². The highest BCUT2D eigenvalue weighted by Gasteiger charge is 2.27. The molecule has 0 saturated carbocycles. The van der Waals surface area contributed by atoms with Gasteiger partial charge in [0.25, 0.3) is 5.91 Å². The summed E-state index contributed by atoms with van der Waals surface area (Å²) in [5.41, 5.74) is 2.52. The van der Waals surface area contributed by atoms with Gasteiger partial charge in [-0.2, -0.15) is 9.49 Å². The molecule has 2 aromatic rings. The predicted octanol–water partition coefficient (Wildman–Crippen LogP) is 4.68. The fourth-order valence-corrected chi connectivity index (χ4v) is 3.39. The van der Waals surface area contributed by atoms with Gasteiger partial charge in [-0.15, -0.1) is 0 Å². The van der Waals surface area contributed by atoms with Crippen molar-refractivity contribution in [3.8, 4) is 0 Å². The van der Waals surface area contributed by atoms with Gasteiger partial charge in [0, 0.05) is 19.8 Å². The molecule has 1 atom stereocenters. The van der Waals surface area contributed by atoms with Crippen molar-refractivity contribution in [1.29, 1.82) is 0 Å². The van der Waals surface area contributed by atoms with Crippen LogP contribution >= 0.6 is 0 Å². The van der Waals surface area contributed by atoms with Gasteiger partial charge in [-0.25, -0.2) is 4.68 Å². The number of para-hydroxylation sites is 1. The van der Waals surface area contributed by atoms with E-state index in [1.807, 2.05) is 24.3 Å². The molecule has 0 aliphatic heterocycles. The smallest absolute Gasteiger partial charge is 0.264 e. The van der Waals surface area contributed by atoms with E-state index in [2.05, 4.69) is 32.8 Å². The van der Waals surface area contributed by atoms with Crippen molar-refractivity contribution in [3.63, 3.8) is 0 Å². The van der Waals surface area contributed by atoms with E-state index >= 15 is 0 Å². The molecule has 1 heterocycles. The van der Waals surface area contributed by atoms with E-state index in [1.54, 1.807) is 14.0 Å². The lowest BCUT2D eigenvalue weighted by molar-refractivity contribution is 0.0988. The molecule has 136 valence electrons. The summed E-state index contributed by atoms with van der Waals surface area (Å²) in [4.78, 5) is 14.4. The molecule has 0 radical (unpaired) electrons. The van der Waals surface area contributed by atoms with Crippen molar-refractivity contribution in [2.45, 2.75) is 47.0 Å². The van der Waals surface area contributed by atoms with Crippen LogP contribution in [0.4, 0.5) is 10.1 Å². The van der Waals surface area contributed by atoms with E-state index in [0.717, 1.165) is 22.4 Å². The molecule has 0 N–H and O–H groups in total. The summed E-state index contributed by atoms with van der Waals surface area (Å²) in [6.07, 6.45) is 0.992. The third-order valence-corrected chi connectivity index (χ3v) is 4.42. The molecule has 1 amide bonds. The first-order valence-electron chi connectivity index (χ1n) is 8.59. The van der Waals surface area contributed by atoms with Crippen molar-refractivity contribution in [3.05, 3.63) is 47.0 Å². The van der Waals surface area contributed by atoms with E-state index in [9.17, 15) is 9.18 Å². The summed E-state index contributed by atoms with van der Waals surface area (Å²) in [6, 6.07) is 7.84. The van der Waals surface area contributed by atoms with Gasteiger partial charge in [0.2, 0.25) is 5.95 Å². The highest BCUT2D eigenvalue weighted by Crippen LogP contribution is 2.35. The lowest BCUT2D eigenvalue weighted by Crippen LogP contribution is -2.29. The average Bonchev–Trinajstić information content (AvgIpc) is 2.77. The molecule has 5 heteroatoms. The minimum atomic E-state index is -0.602.